The number of nitrogens with one attached hydrogen (secondary N) is 2. The van der Waals surface area contributed by atoms with Crippen LogP contribution in [-0.4, -0.2) is 44.7 Å². The number of ether oxygens (including phenoxy) is 1. The summed E-state index contributed by atoms with van der Waals surface area (Å²) in [6.07, 6.45) is 2.42. The van der Waals surface area contributed by atoms with Crippen molar-refractivity contribution < 1.29 is 4.74 Å². The summed E-state index contributed by atoms with van der Waals surface area (Å²) in [7, 11) is 4.20. The molecular formula is C26H39IN4O. The van der Waals surface area contributed by atoms with Crippen LogP contribution in [0.5, 0.6) is 0 Å². The highest BCUT2D eigenvalue weighted by molar-refractivity contribution is 14.0. The van der Waals surface area contributed by atoms with Gasteiger partial charge in [-0.15, -0.1) is 24.0 Å². The SMILES string of the molecule is CCNC(=NCc1ccccc1CN(C)C)NCC1CCCOC1c1ccc(C)cc1.I. The smallest absolute Gasteiger partial charge is 0.191 e. The van der Waals surface area contributed by atoms with E-state index < -0.39 is 0 Å². The number of hydrogen-bond acceptors (Lipinski definition) is 3. The number of hydrogen-bond donors (Lipinski definition) is 2. The minimum Gasteiger partial charge on any atom is -0.373 e. The zero-order valence-corrected chi connectivity index (χ0v) is 22.3. The lowest BCUT2D eigenvalue weighted by Gasteiger charge is -2.32. The second-order valence-corrected chi connectivity index (χ2v) is 8.69. The molecule has 1 aliphatic heterocycles. The van der Waals surface area contributed by atoms with E-state index in [0.29, 0.717) is 12.5 Å². The standard InChI is InChI=1S/C26H38N4O.HI/c1-5-27-26(28-17-22-9-6-7-10-24(22)19-30(3)4)29-18-23-11-8-16-31-25(23)21-14-12-20(2)13-15-21;/h6-7,9-10,12-15,23,25H,5,8,11,16-19H2,1-4H3,(H2,27,28,29);1H. The van der Waals surface area contributed by atoms with Gasteiger partial charge >= 0.3 is 0 Å². The molecule has 6 heteroatoms. The maximum atomic E-state index is 6.19. The van der Waals surface area contributed by atoms with Gasteiger partial charge in [-0.2, -0.15) is 0 Å². The van der Waals surface area contributed by atoms with E-state index in [1.807, 2.05) is 0 Å². The van der Waals surface area contributed by atoms with Gasteiger partial charge in [0.05, 0.1) is 12.6 Å². The van der Waals surface area contributed by atoms with Gasteiger partial charge in [0.2, 0.25) is 0 Å². The predicted octanol–water partition coefficient (Wildman–Crippen LogP) is 4.90. The molecular weight excluding hydrogens is 511 g/mol. The molecule has 2 atom stereocenters. The Hall–Kier alpha value is -1.64. The molecule has 1 fully saturated rings. The van der Waals surface area contributed by atoms with Crippen LogP contribution in [0, 0.1) is 12.8 Å². The fraction of sp³-hybridized carbons (Fsp3) is 0.500. The second-order valence-electron chi connectivity index (χ2n) is 8.69. The molecule has 2 aromatic rings. The van der Waals surface area contributed by atoms with E-state index in [1.54, 1.807) is 0 Å². The molecule has 176 valence electrons. The summed E-state index contributed by atoms with van der Waals surface area (Å²) in [5.74, 6) is 1.30. The van der Waals surface area contributed by atoms with Crippen molar-refractivity contribution in [2.45, 2.75) is 45.9 Å². The van der Waals surface area contributed by atoms with Crippen molar-refractivity contribution in [1.29, 1.82) is 0 Å². The van der Waals surface area contributed by atoms with E-state index in [1.165, 1.54) is 22.3 Å². The van der Waals surface area contributed by atoms with Crippen molar-refractivity contribution >= 4 is 29.9 Å². The first-order valence-electron chi connectivity index (χ1n) is 11.5. The van der Waals surface area contributed by atoms with Crippen molar-refractivity contribution in [3.63, 3.8) is 0 Å². The molecule has 2 aromatic carbocycles. The molecule has 5 nitrogen and oxygen atoms in total. The first kappa shape index (κ1) is 26.6. The summed E-state index contributed by atoms with van der Waals surface area (Å²) < 4.78 is 6.19. The van der Waals surface area contributed by atoms with E-state index >= 15 is 0 Å². The summed E-state index contributed by atoms with van der Waals surface area (Å²) in [5.41, 5.74) is 5.15. The van der Waals surface area contributed by atoms with Crippen LogP contribution in [0.15, 0.2) is 53.5 Å². The molecule has 0 spiro atoms. The molecule has 3 rings (SSSR count). The topological polar surface area (TPSA) is 48.9 Å². The Labute approximate surface area is 211 Å². The Balaban J connectivity index is 0.00000363. The van der Waals surface area contributed by atoms with Gasteiger partial charge in [-0.05, 0) is 57.5 Å². The van der Waals surface area contributed by atoms with Gasteiger partial charge in [0.15, 0.2) is 5.96 Å². The number of aliphatic imine (C=N–C) groups is 1. The average molecular weight is 551 g/mol. The van der Waals surface area contributed by atoms with E-state index in [0.717, 1.165) is 45.0 Å². The Bertz CT molecular complexity index is 838. The lowest BCUT2D eigenvalue weighted by atomic mass is 9.89. The third-order valence-electron chi connectivity index (χ3n) is 5.74. The second kappa shape index (κ2) is 13.8. The number of rotatable bonds is 8. The van der Waals surface area contributed by atoms with Gasteiger partial charge in [-0.25, -0.2) is 4.99 Å². The van der Waals surface area contributed by atoms with Gasteiger partial charge in [-0.3, -0.25) is 0 Å². The highest BCUT2D eigenvalue weighted by atomic mass is 127. The summed E-state index contributed by atoms with van der Waals surface area (Å²) >= 11 is 0. The van der Waals surface area contributed by atoms with Crippen LogP contribution in [0.4, 0.5) is 0 Å². The van der Waals surface area contributed by atoms with E-state index in [4.69, 9.17) is 9.73 Å². The van der Waals surface area contributed by atoms with Crippen LogP contribution in [0.25, 0.3) is 0 Å². The van der Waals surface area contributed by atoms with Gasteiger partial charge < -0.3 is 20.3 Å². The van der Waals surface area contributed by atoms with E-state index in [2.05, 4.69) is 92.0 Å². The number of halogens is 1. The molecule has 0 aromatic heterocycles. The Morgan fingerprint density at radius 1 is 1.06 bits per heavy atom. The van der Waals surface area contributed by atoms with Gasteiger partial charge in [0, 0.05) is 32.2 Å². The molecule has 2 unspecified atom stereocenters. The van der Waals surface area contributed by atoms with Crippen LogP contribution in [0.3, 0.4) is 0 Å². The fourth-order valence-electron chi connectivity index (χ4n) is 4.12. The molecule has 0 bridgehead atoms. The molecule has 0 aliphatic carbocycles. The fourth-order valence-corrected chi connectivity index (χ4v) is 4.12. The van der Waals surface area contributed by atoms with Crippen molar-refractivity contribution in [1.82, 2.24) is 15.5 Å². The Morgan fingerprint density at radius 3 is 2.47 bits per heavy atom. The van der Waals surface area contributed by atoms with Gasteiger partial charge in [0.25, 0.3) is 0 Å². The molecule has 0 saturated carbocycles. The average Bonchev–Trinajstić information content (AvgIpc) is 2.77. The largest absolute Gasteiger partial charge is 0.373 e. The zero-order chi connectivity index (χ0) is 22.1. The third-order valence-corrected chi connectivity index (χ3v) is 5.74. The highest BCUT2D eigenvalue weighted by Crippen LogP contribution is 2.33. The monoisotopic (exact) mass is 550 g/mol. The van der Waals surface area contributed by atoms with Gasteiger partial charge in [0.1, 0.15) is 0 Å². The quantitative estimate of drug-likeness (QED) is 0.279. The van der Waals surface area contributed by atoms with Crippen LogP contribution in [0.2, 0.25) is 0 Å². The number of guanidine groups is 1. The van der Waals surface area contributed by atoms with Crippen LogP contribution >= 0.6 is 24.0 Å². The number of benzene rings is 2. The lowest BCUT2D eigenvalue weighted by molar-refractivity contribution is -0.0265. The predicted molar refractivity (Wildman–Crippen MR) is 145 cm³/mol. The van der Waals surface area contributed by atoms with Crippen molar-refractivity contribution in [3.05, 3.63) is 70.8 Å². The highest BCUT2D eigenvalue weighted by Gasteiger charge is 2.27. The van der Waals surface area contributed by atoms with Crippen molar-refractivity contribution in [2.75, 3.05) is 33.8 Å². The third kappa shape index (κ3) is 8.05. The van der Waals surface area contributed by atoms with E-state index in [-0.39, 0.29) is 30.1 Å². The maximum absolute atomic E-state index is 6.19. The number of aryl methyl sites for hydroxylation is 1. The number of nitrogens with zero attached hydrogens (tertiary/aromatic N) is 2. The Morgan fingerprint density at radius 2 is 1.78 bits per heavy atom. The lowest BCUT2D eigenvalue weighted by Crippen LogP contribution is -2.42. The first-order valence-corrected chi connectivity index (χ1v) is 11.5. The molecule has 0 radical (unpaired) electrons. The zero-order valence-electron chi connectivity index (χ0n) is 19.9. The summed E-state index contributed by atoms with van der Waals surface area (Å²) in [4.78, 5) is 7.08. The van der Waals surface area contributed by atoms with Crippen LogP contribution in [-0.2, 0) is 17.8 Å². The van der Waals surface area contributed by atoms with Crippen LogP contribution < -0.4 is 10.6 Å². The van der Waals surface area contributed by atoms with Crippen LogP contribution in [0.1, 0.15) is 48.1 Å². The first-order chi connectivity index (χ1) is 15.1. The van der Waals surface area contributed by atoms with E-state index in [9.17, 15) is 0 Å². The van der Waals surface area contributed by atoms with Crippen molar-refractivity contribution in [3.8, 4) is 0 Å². The maximum Gasteiger partial charge on any atom is 0.191 e. The molecule has 1 saturated heterocycles. The normalized spacial score (nSPS) is 18.8. The molecule has 1 aliphatic rings. The minimum absolute atomic E-state index is 0. The summed E-state index contributed by atoms with van der Waals surface area (Å²) in [6.45, 7) is 8.36. The molecule has 0 amide bonds. The summed E-state index contributed by atoms with van der Waals surface area (Å²) in [6, 6.07) is 17.3. The Kier molecular flexibility index (Phi) is 11.5. The summed E-state index contributed by atoms with van der Waals surface area (Å²) in [5, 5.41) is 6.98. The molecule has 2 N–H and O–H groups in total. The molecule has 32 heavy (non-hydrogen) atoms. The molecule has 1 heterocycles. The minimum atomic E-state index is 0. The van der Waals surface area contributed by atoms with Gasteiger partial charge in [-0.1, -0.05) is 54.1 Å². The van der Waals surface area contributed by atoms with Crippen molar-refractivity contribution in [2.24, 2.45) is 10.9 Å².